The van der Waals surface area contributed by atoms with Crippen molar-refractivity contribution in [2.24, 2.45) is 0 Å². The van der Waals surface area contributed by atoms with E-state index in [1.807, 2.05) is 4.90 Å². The number of ether oxygens (including phenoxy) is 1. The highest BCUT2D eigenvalue weighted by atomic mass is 19.4. The number of piperidine rings is 1. The van der Waals surface area contributed by atoms with Gasteiger partial charge in [0.1, 0.15) is 23.4 Å². The lowest BCUT2D eigenvalue weighted by molar-refractivity contribution is -0.140. The summed E-state index contributed by atoms with van der Waals surface area (Å²) in [4.78, 5) is 14.6. The normalized spacial score (nSPS) is 18.1. The number of fused-ring (bicyclic) bond motifs is 2. The molecule has 3 N–H and O–H groups in total. The van der Waals surface area contributed by atoms with Gasteiger partial charge in [-0.1, -0.05) is 0 Å². The summed E-state index contributed by atoms with van der Waals surface area (Å²) in [7, 11) is 1.69. The van der Waals surface area contributed by atoms with Gasteiger partial charge in [-0.05, 0) is 38.1 Å². The zero-order valence-electron chi connectivity index (χ0n) is 21.3. The highest BCUT2D eigenvalue weighted by molar-refractivity contribution is 5.89. The molecule has 2 saturated heterocycles. The first kappa shape index (κ1) is 27.0. The predicted molar refractivity (Wildman–Crippen MR) is 135 cm³/mol. The molecule has 0 amide bonds. The van der Waals surface area contributed by atoms with Crippen molar-refractivity contribution in [2.75, 3.05) is 44.4 Å². The van der Waals surface area contributed by atoms with Gasteiger partial charge in [0, 0.05) is 25.2 Å². The van der Waals surface area contributed by atoms with E-state index in [1.54, 1.807) is 36.0 Å². The third kappa shape index (κ3) is 5.73. The third-order valence-electron chi connectivity index (χ3n) is 6.72. The summed E-state index contributed by atoms with van der Waals surface area (Å²) in [5.41, 5.74) is 8.03. The fourth-order valence-corrected chi connectivity index (χ4v) is 4.80. The molecular formula is C24H28F5N9O. The largest absolute Gasteiger partial charge is 0.406 e. The molecule has 6 heterocycles. The molecule has 0 atom stereocenters. The monoisotopic (exact) mass is 553 g/mol. The van der Waals surface area contributed by atoms with Crippen LogP contribution in [0.5, 0.6) is 0 Å². The Morgan fingerprint density at radius 3 is 2.56 bits per heavy atom. The number of rotatable bonds is 4. The van der Waals surface area contributed by atoms with Gasteiger partial charge in [0.25, 0.3) is 5.92 Å². The van der Waals surface area contributed by atoms with Crippen LogP contribution in [0.15, 0.2) is 24.4 Å². The van der Waals surface area contributed by atoms with Gasteiger partial charge in [-0.2, -0.15) is 18.2 Å². The molecule has 0 aliphatic carbocycles. The van der Waals surface area contributed by atoms with Gasteiger partial charge in [-0.3, -0.25) is 4.90 Å². The molecular weight excluding hydrogens is 525 g/mol. The van der Waals surface area contributed by atoms with Gasteiger partial charge in [0.15, 0.2) is 11.5 Å². The first-order valence-electron chi connectivity index (χ1n) is 12.4. The molecule has 10 nitrogen and oxygen atoms in total. The number of pyridine rings is 1. The molecule has 39 heavy (non-hydrogen) atoms. The van der Waals surface area contributed by atoms with Crippen molar-refractivity contribution in [1.29, 1.82) is 0 Å². The Morgan fingerprint density at radius 1 is 1.15 bits per heavy atom. The summed E-state index contributed by atoms with van der Waals surface area (Å²) in [6.07, 6.45) is -2.02. The van der Waals surface area contributed by atoms with E-state index in [1.165, 1.54) is 6.92 Å². The fraction of sp³-hybridized carbons (Fsp3) is 0.500. The van der Waals surface area contributed by atoms with Crippen LogP contribution in [-0.2, 0) is 11.3 Å². The number of aromatic nitrogens is 6. The van der Waals surface area contributed by atoms with Crippen molar-refractivity contribution in [3.8, 4) is 11.3 Å². The predicted octanol–water partition coefficient (Wildman–Crippen LogP) is 3.75. The van der Waals surface area contributed by atoms with Gasteiger partial charge >= 0.3 is 6.18 Å². The van der Waals surface area contributed by atoms with E-state index in [9.17, 15) is 22.0 Å². The minimum absolute atomic E-state index is 0.0527. The quantitative estimate of drug-likeness (QED) is 0.368. The van der Waals surface area contributed by atoms with Gasteiger partial charge < -0.3 is 20.4 Å². The van der Waals surface area contributed by atoms with E-state index in [0.717, 1.165) is 11.1 Å². The second-order valence-corrected chi connectivity index (χ2v) is 9.61. The van der Waals surface area contributed by atoms with Crippen molar-refractivity contribution in [3.63, 3.8) is 0 Å². The van der Waals surface area contributed by atoms with Gasteiger partial charge in [0.05, 0.1) is 31.5 Å². The first-order valence-corrected chi connectivity index (χ1v) is 12.4. The third-order valence-corrected chi connectivity index (χ3v) is 6.72. The molecule has 2 aliphatic heterocycles. The molecule has 210 valence electrons. The smallest absolute Gasteiger partial charge is 0.378 e. The van der Waals surface area contributed by atoms with E-state index in [0.29, 0.717) is 47.7 Å². The average molecular weight is 554 g/mol. The summed E-state index contributed by atoms with van der Waals surface area (Å²) in [6, 6.07) is 5.38. The van der Waals surface area contributed by atoms with Crippen LogP contribution in [0.3, 0.4) is 0 Å². The van der Waals surface area contributed by atoms with Crippen LogP contribution in [0.25, 0.3) is 27.9 Å². The zero-order chi connectivity index (χ0) is 27.9. The van der Waals surface area contributed by atoms with Crippen LogP contribution in [0.2, 0.25) is 0 Å². The van der Waals surface area contributed by atoms with Crippen molar-refractivity contribution in [2.45, 2.75) is 44.5 Å². The molecule has 0 aromatic carbocycles. The molecule has 0 spiro atoms. The molecule has 2 fully saturated rings. The number of hydrogen-bond acceptors (Lipinski definition) is 8. The van der Waals surface area contributed by atoms with Crippen LogP contribution in [0.1, 0.15) is 18.7 Å². The topological polar surface area (TPSA) is 111 Å². The number of imidazole rings is 1. The van der Waals surface area contributed by atoms with Crippen LogP contribution >= 0.6 is 0 Å². The summed E-state index contributed by atoms with van der Waals surface area (Å²) >= 11 is 0. The Morgan fingerprint density at radius 2 is 1.92 bits per heavy atom. The standard InChI is InChI=1S/C16H15F3N8.C8H13F2NO/c1-8-22-11-4-3-10(23-14(11)26(8)7-16(17,18)19)9-5-6-27-12(9)13(21-2)24-15(20)25-27;9-8(10)2-1-3-11(6-8)7-4-12-5-7/h3-6H,7H2,1-2H3,(H3,20,21,24,25);7H,1-6H2. The number of hydrogen-bond donors (Lipinski definition) is 2. The number of anilines is 2. The number of nitrogen functional groups attached to an aromatic ring is 1. The Kier molecular flexibility index (Phi) is 7.05. The summed E-state index contributed by atoms with van der Waals surface area (Å²) in [6.45, 7) is 2.39. The second-order valence-electron chi connectivity index (χ2n) is 9.61. The van der Waals surface area contributed by atoms with Gasteiger partial charge in [-0.15, -0.1) is 5.10 Å². The lowest BCUT2D eigenvalue weighted by atomic mass is 10.0. The zero-order valence-corrected chi connectivity index (χ0v) is 21.3. The number of aryl methyl sites for hydroxylation is 1. The van der Waals surface area contributed by atoms with Crippen molar-refractivity contribution >= 4 is 28.4 Å². The minimum atomic E-state index is -4.37. The van der Waals surface area contributed by atoms with Crippen LogP contribution < -0.4 is 11.1 Å². The van der Waals surface area contributed by atoms with Crippen molar-refractivity contribution in [1.82, 2.24) is 34.0 Å². The van der Waals surface area contributed by atoms with Crippen LogP contribution in [0.4, 0.5) is 33.7 Å². The van der Waals surface area contributed by atoms with Crippen LogP contribution in [-0.4, -0.2) is 85.5 Å². The molecule has 0 bridgehead atoms. The van der Waals surface area contributed by atoms with Crippen molar-refractivity contribution in [3.05, 3.63) is 30.2 Å². The van der Waals surface area contributed by atoms with Crippen LogP contribution in [0, 0.1) is 6.92 Å². The average Bonchev–Trinajstić information content (AvgIpc) is 3.37. The van der Waals surface area contributed by atoms with Gasteiger partial charge in [0.2, 0.25) is 5.95 Å². The number of nitrogens with two attached hydrogens (primary N) is 1. The molecule has 4 aromatic rings. The maximum Gasteiger partial charge on any atom is 0.406 e. The lowest BCUT2D eigenvalue weighted by Crippen LogP contribution is -2.55. The molecule has 0 saturated carbocycles. The van der Waals surface area contributed by atoms with E-state index in [4.69, 9.17) is 10.5 Å². The highest BCUT2D eigenvalue weighted by Crippen LogP contribution is 2.31. The maximum absolute atomic E-state index is 12.9. The Hall–Kier alpha value is -3.59. The van der Waals surface area contributed by atoms with E-state index in [-0.39, 0.29) is 36.4 Å². The minimum Gasteiger partial charge on any atom is -0.378 e. The number of likely N-dealkylation sites (tertiary alicyclic amines) is 1. The lowest BCUT2D eigenvalue weighted by Gasteiger charge is -2.41. The second kappa shape index (κ2) is 10.2. The van der Waals surface area contributed by atoms with E-state index in [2.05, 4.69) is 25.4 Å². The van der Waals surface area contributed by atoms with Crippen molar-refractivity contribution < 1.29 is 26.7 Å². The maximum atomic E-state index is 12.9. The van der Waals surface area contributed by atoms with Gasteiger partial charge in [-0.25, -0.2) is 23.3 Å². The molecule has 2 aliphatic rings. The fourth-order valence-electron chi connectivity index (χ4n) is 4.80. The molecule has 6 rings (SSSR count). The SMILES string of the molecule is CNc1nc(N)nn2ccc(-c3ccc4nc(C)n(CC(F)(F)F)c4n3)c12.FC1(F)CCCN(C2COC2)C1. The number of nitrogens with zero attached hydrogens (tertiary/aromatic N) is 7. The molecule has 4 aromatic heterocycles. The van der Waals surface area contributed by atoms with E-state index < -0.39 is 18.6 Å². The number of alkyl halides is 5. The van der Waals surface area contributed by atoms with E-state index >= 15 is 0 Å². The Bertz CT molecular complexity index is 1480. The molecule has 0 radical (unpaired) electrons. The summed E-state index contributed by atoms with van der Waals surface area (Å²) in [5, 5.41) is 7.06. The number of halogens is 5. The Labute approximate surface area is 220 Å². The summed E-state index contributed by atoms with van der Waals surface area (Å²) < 4.78 is 72.2. The Balaban J connectivity index is 0.000000214. The molecule has 0 unspecified atom stereocenters. The summed E-state index contributed by atoms with van der Waals surface area (Å²) in [5.74, 6) is -1.63. The first-order chi connectivity index (χ1) is 18.4. The highest BCUT2D eigenvalue weighted by Gasteiger charge is 2.39. The molecule has 15 heteroatoms. The number of nitrogens with one attached hydrogen (secondary N) is 1.